The summed E-state index contributed by atoms with van der Waals surface area (Å²) in [5.74, 6) is 0.906. The molecule has 0 aliphatic carbocycles. The molecule has 90 valence electrons. The molecule has 4 nitrogen and oxygen atoms in total. The van der Waals surface area contributed by atoms with Gasteiger partial charge in [-0.3, -0.25) is 0 Å². The lowest BCUT2D eigenvalue weighted by atomic mass is 10.1. The first-order valence-electron chi connectivity index (χ1n) is 5.43. The SMILES string of the molecule is COc1ccccc1[C@H](C)NCc1csnn1. The van der Waals surface area contributed by atoms with Crippen LogP contribution in [0.2, 0.25) is 0 Å². The number of hydrogen-bond donors (Lipinski definition) is 1. The molecule has 0 aliphatic rings. The molecule has 0 bridgehead atoms. The van der Waals surface area contributed by atoms with E-state index < -0.39 is 0 Å². The van der Waals surface area contributed by atoms with E-state index in [1.807, 2.05) is 23.6 Å². The van der Waals surface area contributed by atoms with Crippen LogP contribution in [0.3, 0.4) is 0 Å². The van der Waals surface area contributed by atoms with Crippen LogP contribution in [0.25, 0.3) is 0 Å². The monoisotopic (exact) mass is 249 g/mol. The Labute approximate surface area is 105 Å². The maximum Gasteiger partial charge on any atom is 0.123 e. The van der Waals surface area contributed by atoms with Gasteiger partial charge in [-0.25, -0.2) is 0 Å². The van der Waals surface area contributed by atoms with Crippen molar-refractivity contribution < 1.29 is 4.74 Å². The number of hydrogen-bond acceptors (Lipinski definition) is 5. The summed E-state index contributed by atoms with van der Waals surface area (Å²) in [6, 6.07) is 8.24. The third kappa shape index (κ3) is 3.01. The fourth-order valence-corrected chi connectivity index (χ4v) is 2.10. The van der Waals surface area contributed by atoms with Gasteiger partial charge in [0.1, 0.15) is 5.75 Å². The second kappa shape index (κ2) is 5.75. The molecule has 2 aromatic rings. The van der Waals surface area contributed by atoms with Gasteiger partial charge in [-0.2, -0.15) is 0 Å². The average Bonchev–Trinajstić information content (AvgIpc) is 2.89. The highest BCUT2D eigenvalue weighted by molar-refractivity contribution is 7.03. The predicted octanol–water partition coefficient (Wildman–Crippen LogP) is 2.40. The highest BCUT2D eigenvalue weighted by Crippen LogP contribution is 2.24. The molecule has 0 aliphatic heterocycles. The fraction of sp³-hybridized carbons (Fsp3) is 0.333. The minimum atomic E-state index is 0.216. The number of ether oxygens (including phenoxy) is 1. The van der Waals surface area contributed by atoms with Crippen molar-refractivity contribution in [2.24, 2.45) is 0 Å². The van der Waals surface area contributed by atoms with Gasteiger partial charge in [-0.05, 0) is 24.5 Å². The van der Waals surface area contributed by atoms with E-state index in [0.717, 1.165) is 23.6 Å². The molecular formula is C12H15N3OS. The van der Waals surface area contributed by atoms with Crippen LogP contribution in [0, 0.1) is 0 Å². The molecule has 1 atom stereocenters. The number of nitrogens with one attached hydrogen (secondary N) is 1. The summed E-state index contributed by atoms with van der Waals surface area (Å²) in [6.07, 6.45) is 0. The van der Waals surface area contributed by atoms with Crippen LogP contribution in [0.15, 0.2) is 29.6 Å². The lowest BCUT2D eigenvalue weighted by Gasteiger charge is -2.16. The van der Waals surface area contributed by atoms with Gasteiger partial charge in [0.15, 0.2) is 0 Å². The topological polar surface area (TPSA) is 47.0 Å². The van der Waals surface area contributed by atoms with Crippen molar-refractivity contribution in [2.45, 2.75) is 19.5 Å². The summed E-state index contributed by atoms with van der Waals surface area (Å²) in [6.45, 7) is 2.83. The molecule has 0 fully saturated rings. The third-order valence-corrected chi connectivity index (χ3v) is 3.15. The molecule has 1 aromatic carbocycles. The number of aromatic nitrogens is 2. The van der Waals surface area contributed by atoms with E-state index >= 15 is 0 Å². The third-order valence-electron chi connectivity index (χ3n) is 2.60. The van der Waals surface area contributed by atoms with Gasteiger partial charge in [-0.15, -0.1) is 5.10 Å². The van der Waals surface area contributed by atoms with Gasteiger partial charge in [-0.1, -0.05) is 22.7 Å². The molecule has 1 aromatic heterocycles. The number of rotatable bonds is 5. The van der Waals surface area contributed by atoms with Crippen molar-refractivity contribution >= 4 is 11.5 Å². The van der Waals surface area contributed by atoms with Gasteiger partial charge in [0, 0.05) is 23.5 Å². The molecule has 2 rings (SSSR count). The van der Waals surface area contributed by atoms with Crippen molar-refractivity contribution in [3.8, 4) is 5.75 Å². The van der Waals surface area contributed by atoms with E-state index in [0.29, 0.717) is 0 Å². The summed E-state index contributed by atoms with van der Waals surface area (Å²) >= 11 is 1.37. The van der Waals surface area contributed by atoms with Crippen LogP contribution >= 0.6 is 11.5 Å². The van der Waals surface area contributed by atoms with Crippen LogP contribution in [0.4, 0.5) is 0 Å². The van der Waals surface area contributed by atoms with Crippen molar-refractivity contribution in [3.05, 3.63) is 40.9 Å². The second-order valence-electron chi connectivity index (χ2n) is 3.74. The van der Waals surface area contributed by atoms with Crippen LogP contribution < -0.4 is 10.1 Å². The van der Waals surface area contributed by atoms with Gasteiger partial charge >= 0.3 is 0 Å². The summed E-state index contributed by atoms with van der Waals surface area (Å²) < 4.78 is 9.17. The molecule has 0 amide bonds. The Morgan fingerprint density at radius 3 is 2.94 bits per heavy atom. The summed E-state index contributed by atoms with van der Waals surface area (Å²) in [5, 5.41) is 9.35. The van der Waals surface area contributed by atoms with Gasteiger partial charge in [0.05, 0.1) is 12.8 Å². The molecule has 5 heteroatoms. The molecule has 0 unspecified atom stereocenters. The summed E-state index contributed by atoms with van der Waals surface area (Å²) in [7, 11) is 1.69. The van der Waals surface area contributed by atoms with Crippen molar-refractivity contribution in [1.82, 2.24) is 14.9 Å². The molecule has 0 saturated carbocycles. The smallest absolute Gasteiger partial charge is 0.123 e. The first kappa shape index (κ1) is 12.0. The first-order valence-corrected chi connectivity index (χ1v) is 6.27. The summed E-state index contributed by atoms with van der Waals surface area (Å²) in [5.41, 5.74) is 2.12. The molecule has 0 spiro atoms. The van der Waals surface area contributed by atoms with Crippen LogP contribution in [-0.4, -0.2) is 16.7 Å². The Bertz CT molecular complexity index is 459. The van der Waals surface area contributed by atoms with Gasteiger partial charge < -0.3 is 10.1 Å². The Morgan fingerprint density at radius 2 is 2.24 bits per heavy atom. The Morgan fingerprint density at radius 1 is 1.41 bits per heavy atom. The number of benzene rings is 1. The molecule has 0 radical (unpaired) electrons. The van der Waals surface area contributed by atoms with E-state index in [-0.39, 0.29) is 6.04 Å². The van der Waals surface area contributed by atoms with Crippen LogP contribution in [0.1, 0.15) is 24.2 Å². The van der Waals surface area contributed by atoms with E-state index in [2.05, 4.69) is 27.9 Å². The lowest BCUT2D eigenvalue weighted by Crippen LogP contribution is -2.18. The second-order valence-corrected chi connectivity index (χ2v) is 4.35. The zero-order chi connectivity index (χ0) is 12.1. The molecule has 17 heavy (non-hydrogen) atoms. The Hall–Kier alpha value is -1.46. The zero-order valence-electron chi connectivity index (χ0n) is 9.88. The number of methoxy groups -OCH3 is 1. The summed E-state index contributed by atoms with van der Waals surface area (Å²) in [4.78, 5) is 0. The molecule has 1 N–H and O–H groups in total. The standard InChI is InChI=1S/C12H15N3OS/c1-9(13-7-10-8-17-15-14-10)11-5-3-4-6-12(11)16-2/h3-6,8-9,13H,7H2,1-2H3/t9-/m0/s1. The fourth-order valence-electron chi connectivity index (χ4n) is 1.65. The minimum absolute atomic E-state index is 0.216. The molecule has 0 saturated heterocycles. The van der Waals surface area contributed by atoms with Gasteiger partial charge in [0.25, 0.3) is 0 Å². The van der Waals surface area contributed by atoms with E-state index in [9.17, 15) is 0 Å². The molecular weight excluding hydrogens is 234 g/mol. The van der Waals surface area contributed by atoms with E-state index in [1.54, 1.807) is 7.11 Å². The van der Waals surface area contributed by atoms with Crippen molar-refractivity contribution in [1.29, 1.82) is 0 Å². The van der Waals surface area contributed by atoms with E-state index in [1.165, 1.54) is 11.5 Å². The number of nitrogens with zero attached hydrogens (tertiary/aromatic N) is 2. The van der Waals surface area contributed by atoms with Crippen molar-refractivity contribution in [2.75, 3.05) is 7.11 Å². The van der Waals surface area contributed by atoms with Gasteiger partial charge in [0.2, 0.25) is 0 Å². The largest absolute Gasteiger partial charge is 0.496 e. The maximum atomic E-state index is 5.34. The normalized spacial score (nSPS) is 12.4. The molecule has 1 heterocycles. The lowest BCUT2D eigenvalue weighted by molar-refractivity contribution is 0.401. The van der Waals surface area contributed by atoms with E-state index in [4.69, 9.17) is 4.74 Å². The zero-order valence-corrected chi connectivity index (χ0v) is 10.7. The van der Waals surface area contributed by atoms with Crippen LogP contribution in [-0.2, 0) is 6.54 Å². The Kier molecular flexibility index (Phi) is 4.06. The van der Waals surface area contributed by atoms with Crippen LogP contribution in [0.5, 0.6) is 5.75 Å². The average molecular weight is 249 g/mol. The van der Waals surface area contributed by atoms with Crippen molar-refractivity contribution in [3.63, 3.8) is 0 Å². The minimum Gasteiger partial charge on any atom is -0.496 e. The maximum absolute atomic E-state index is 5.34. The Balaban J connectivity index is 2.01. The first-order chi connectivity index (χ1) is 8.31. The highest BCUT2D eigenvalue weighted by atomic mass is 32.1. The predicted molar refractivity (Wildman–Crippen MR) is 68.2 cm³/mol. The highest BCUT2D eigenvalue weighted by Gasteiger charge is 2.10. The quantitative estimate of drug-likeness (QED) is 0.884. The number of para-hydroxylation sites is 1.